The number of rotatable bonds is 6. The Morgan fingerprint density at radius 3 is 2.52 bits per heavy atom. The van der Waals surface area contributed by atoms with E-state index in [1.165, 1.54) is 0 Å². The van der Waals surface area contributed by atoms with Gasteiger partial charge in [-0.1, -0.05) is 13.0 Å². The van der Waals surface area contributed by atoms with Gasteiger partial charge in [0.05, 0.1) is 17.5 Å². The highest BCUT2D eigenvalue weighted by molar-refractivity contribution is 5.95. The monoisotopic (exact) mass is 428 g/mol. The highest BCUT2D eigenvalue weighted by atomic mass is 16.6. The number of aromatic nitrogens is 3. The number of pyridine rings is 1. The van der Waals surface area contributed by atoms with Crippen LogP contribution < -0.4 is 5.32 Å². The number of ether oxygens (including phenoxy) is 1. The van der Waals surface area contributed by atoms with Crippen LogP contribution in [-0.2, 0) is 11.2 Å². The van der Waals surface area contributed by atoms with E-state index in [1.807, 2.05) is 45.9 Å². The molecule has 2 aromatic heterocycles. The minimum absolute atomic E-state index is 0.133. The molecule has 0 spiro atoms. The van der Waals surface area contributed by atoms with E-state index in [9.17, 15) is 9.59 Å². The summed E-state index contributed by atoms with van der Waals surface area (Å²) >= 11 is 0. The summed E-state index contributed by atoms with van der Waals surface area (Å²) in [4.78, 5) is 33.2. The van der Waals surface area contributed by atoms with Crippen LogP contribution in [0, 0.1) is 0 Å². The van der Waals surface area contributed by atoms with Crippen molar-refractivity contribution in [3.8, 4) is 5.82 Å². The molecule has 168 valence electrons. The van der Waals surface area contributed by atoms with Crippen LogP contribution in [0.3, 0.4) is 0 Å². The molecule has 1 N–H and O–H groups in total. The van der Waals surface area contributed by atoms with Crippen molar-refractivity contribution in [1.29, 1.82) is 0 Å². The molecule has 1 fully saturated rings. The second kappa shape index (κ2) is 9.91. The van der Waals surface area contributed by atoms with Gasteiger partial charge in [0, 0.05) is 45.5 Å². The van der Waals surface area contributed by atoms with E-state index in [0.29, 0.717) is 37.4 Å². The third-order valence-corrected chi connectivity index (χ3v) is 5.05. The Bertz CT molecular complexity index is 882. The topological polar surface area (TPSA) is 92.6 Å². The SMILES string of the molecule is CCc1c(C(=O)NCCN2CCN(C(=O)OC(C)(C)C)CC2)cnn1-c1ccccn1. The second-order valence-corrected chi connectivity index (χ2v) is 8.52. The normalized spacial score (nSPS) is 15.0. The molecule has 1 aliphatic rings. The fourth-order valence-electron chi connectivity index (χ4n) is 3.48. The molecule has 3 heterocycles. The van der Waals surface area contributed by atoms with Crippen molar-refractivity contribution in [2.75, 3.05) is 39.3 Å². The molecule has 9 heteroatoms. The van der Waals surface area contributed by atoms with Gasteiger partial charge in [-0.3, -0.25) is 9.69 Å². The number of nitrogens with zero attached hydrogens (tertiary/aromatic N) is 5. The first-order chi connectivity index (χ1) is 14.8. The smallest absolute Gasteiger partial charge is 0.410 e. The van der Waals surface area contributed by atoms with Crippen LogP contribution in [0.2, 0.25) is 0 Å². The number of carbonyl (C=O) groups excluding carboxylic acids is 2. The van der Waals surface area contributed by atoms with Crippen molar-refractivity contribution < 1.29 is 14.3 Å². The van der Waals surface area contributed by atoms with Gasteiger partial charge in [-0.15, -0.1) is 0 Å². The van der Waals surface area contributed by atoms with E-state index in [4.69, 9.17) is 4.74 Å². The first-order valence-corrected chi connectivity index (χ1v) is 10.8. The van der Waals surface area contributed by atoms with Gasteiger partial charge in [-0.05, 0) is 39.3 Å². The Morgan fingerprint density at radius 2 is 1.90 bits per heavy atom. The van der Waals surface area contributed by atoms with E-state index in [0.717, 1.165) is 25.3 Å². The van der Waals surface area contributed by atoms with E-state index in [1.54, 1.807) is 22.0 Å². The highest BCUT2D eigenvalue weighted by Crippen LogP contribution is 2.14. The van der Waals surface area contributed by atoms with E-state index >= 15 is 0 Å². The Hall–Kier alpha value is -2.94. The van der Waals surface area contributed by atoms with Gasteiger partial charge in [0.15, 0.2) is 5.82 Å². The molecule has 0 unspecified atom stereocenters. The first-order valence-electron chi connectivity index (χ1n) is 10.8. The van der Waals surface area contributed by atoms with Crippen LogP contribution in [0.15, 0.2) is 30.6 Å². The zero-order valence-electron chi connectivity index (χ0n) is 18.8. The number of hydrogen-bond acceptors (Lipinski definition) is 6. The van der Waals surface area contributed by atoms with Crippen molar-refractivity contribution in [2.24, 2.45) is 0 Å². The molecule has 0 atom stereocenters. The minimum Gasteiger partial charge on any atom is -0.444 e. The van der Waals surface area contributed by atoms with Gasteiger partial charge in [-0.25, -0.2) is 14.5 Å². The zero-order valence-corrected chi connectivity index (χ0v) is 18.8. The highest BCUT2D eigenvalue weighted by Gasteiger charge is 2.26. The van der Waals surface area contributed by atoms with Crippen LogP contribution in [-0.4, -0.2) is 81.4 Å². The number of nitrogens with one attached hydrogen (secondary N) is 1. The molecule has 0 aliphatic carbocycles. The van der Waals surface area contributed by atoms with Gasteiger partial charge >= 0.3 is 6.09 Å². The zero-order chi connectivity index (χ0) is 22.4. The first kappa shape index (κ1) is 22.7. The van der Waals surface area contributed by atoms with Gasteiger partial charge in [0.25, 0.3) is 5.91 Å². The predicted molar refractivity (Wildman–Crippen MR) is 117 cm³/mol. The van der Waals surface area contributed by atoms with Gasteiger partial charge in [0.1, 0.15) is 5.60 Å². The molecule has 0 aromatic carbocycles. The molecule has 3 rings (SSSR count). The van der Waals surface area contributed by atoms with Crippen molar-refractivity contribution in [2.45, 2.75) is 39.7 Å². The largest absolute Gasteiger partial charge is 0.444 e. The summed E-state index contributed by atoms with van der Waals surface area (Å²) in [5, 5.41) is 7.35. The van der Waals surface area contributed by atoms with E-state index in [-0.39, 0.29) is 12.0 Å². The number of amides is 2. The lowest BCUT2D eigenvalue weighted by Gasteiger charge is -2.35. The molecule has 9 nitrogen and oxygen atoms in total. The number of hydrogen-bond donors (Lipinski definition) is 1. The van der Waals surface area contributed by atoms with Gasteiger partial charge in [0.2, 0.25) is 0 Å². The lowest BCUT2D eigenvalue weighted by Crippen LogP contribution is -2.51. The molecule has 1 saturated heterocycles. The van der Waals surface area contributed by atoms with Gasteiger partial charge < -0.3 is 15.0 Å². The molecule has 31 heavy (non-hydrogen) atoms. The maximum atomic E-state index is 12.7. The summed E-state index contributed by atoms with van der Waals surface area (Å²) in [6.45, 7) is 11.6. The quantitative estimate of drug-likeness (QED) is 0.758. The lowest BCUT2D eigenvalue weighted by molar-refractivity contribution is 0.0147. The Kier molecular flexibility index (Phi) is 7.27. The maximum absolute atomic E-state index is 12.7. The molecular weight excluding hydrogens is 396 g/mol. The van der Waals surface area contributed by atoms with Crippen molar-refractivity contribution in [1.82, 2.24) is 29.9 Å². The predicted octanol–water partition coefficient (Wildman–Crippen LogP) is 2.11. The molecule has 0 saturated carbocycles. The Labute approximate surface area is 183 Å². The summed E-state index contributed by atoms with van der Waals surface area (Å²) in [7, 11) is 0. The summed E-state index contributed by atoms with van der Waals surface area (Å²) < 4.78 is 7.14. The lowest BCUT2D eigenvalue weighted by atomic mass is 10.2. The van der Waals surface area contributed by atoms with Crippen LogP contribution in [0.5, 0.6) is 0 Å². The molecule has 0 bridgehead atoms. The average molecular weight is 429 g/mol. The summed E-state index contributed by atoms with van der Waals surface area (Å²) in [6.07, 6.45) is 3.71. The fraction of sp³-hybridized carbons (Fsp3) is 0.545. The number of piperazine rings is 1. The molecule has 2 amide bonds. The van der Waals surface area contributed by atoms with Crippen LogP contribution in [0.1, 0.15) is 43.7 Å². The second-order valence-electron chi connectivity index (χ2n) is 8.52. The van der Waals surface area contributed by atoms with E-state index < -0.39 is 5.60 Å². The van der Waals surface area contributed by atoms with E-state index in [2.05, 4.69) is 20.3 Å². The Balaban J connectivity index is 1.47. The fourth-order valence-corrected chi connectivity index (χ4v) is 3.48. The molecule has 0 radical (unpaired) electrons. The Morgan fingerprint density at radius 1 is 1.16 bits per heavy atom. The van der Waals surface area contributed by atoms with Crippen molar-refractivity contribution in [3.05, 3.63) is 41.9 Å². The maximum Gasteiger partial charge on any atom is 0.410 e. The van der Waals surface area contributed by atoms with Crippen LogP contribution >= 0.6 is 0 Å². The summed E-state index contributed by atoms with van der Waals surface area (Å²) in [5.41, 5.74) is 0.922. The molecule has 2 aromatic rings. The molecular formula is C22H32N6O3. The average Bonchev–Trinajstić information content (AvgIpc) is 3.18. The van der Waals surface area contributed by atoms with Crippen molar-refractivity contribution >= 4 is 12.0 Å². The number of carbonyl (C=O) groups is 2. The molecule has 1 aliphatic heterocycles. The third-order valence-electron chi connectivity index (χ3n) is 5.05. The minimum atomic E-state index is -0.486. The van der Waals surface area contributed by atoms with Crippen molar-refractivity contribution in [3.63, 3.8) is 0 Å². The third kappa shape index (κ3) is 6.04. The summed E-state index contributed by atoms with van der Waals surface area (Å²) in [6, 6.07) is 5.61. The van der Waals surface area contributed by atoms with Crippen LogP contribution in [0.4, 0.5) is 4.79 Å². The summed E-state index contributed by atoms with van der Waals surface area (Å²) in [5.74, 6) is 0.563. The van der Waals surface area contributed by atoms with Gasteiger partial charge in [-0.2, -0.15) is 5.10 Å². The standard InChI is InChI=1S/C22H32N6O3/c1-5-18-17(16-25-28(18)19-8-6-7-9-23-19)20(29)24-10-11-26-12-14-27(15-13-26)21(30)31-22(2,3)4/h6-9,16H,5,10-15H2,1-4H3,(H,24,29). The van der Waals surface area contributed by atoms with Crippen LogP contribution in [0.25, 0.3) is 5.82 Å².